The maximum atomic E-state index is 12.7. The molecule has 0 radical (unpaired) electrons. The van der Waals surface area contributed by atoms with Crippen LogP contribution in [0.4, 0.5) is 17.1 Å². The zero-order valence-corrected chi connectivity index (χ0v) is 16.3. The summed E-state index contributed by atoms with van der Waals surface area (Å²) in [4.78, 5) is 0.294. The second kappa shape index (κ2) is 7.72. The predicted molar refractivity (Wildman–Crippen MR) is 109 cm³/mol. The van der Waals surface area contributed by atoms with E-state index in [1.165, 1.54) is 0 Å². The maximum Gasteiger partial charge on any atom is 0.262 e. The van der Waals surface area contributed by atoms with Crippen molar-refractivity contribution < 1.29 is 13.2 Å². The van der Waals surface area contributed by atoms with Crippen LogP contribution < -0.4 is 14.8 Å². The number of hydrogen-bond donors (Lipinski definition) is 2. The lowest BCUT2D eigenvalue weighted by molar-refractivity contribution is 0.415. The van der Waals surface area contributed by atoms with Gasteiger partial charge in [0.2, 0.25) is 0 Å². The summed E-state index contributed by atoms with van der Waals surface area (Å²) >= 11 is 0. The van der Waals surface area contributed by atoms with Gasteiger partial charge in [0.05, 0.1) is 12.0 Å². The van der Waals surface area contributed by atoms with Gasteiger partial charge in [0.1, 0.15) is 5.75 Å². The van der Waals surface area contributed by atoms with Crippen molar-refractivity contribution in [3.05, 3.63) is 77.9 Å². The van der Waals surface area contributed by atoms with Crippen LogP contribution in [0.15, 0.2) is 71.6 Å². The molecule has 5 nitrogen and oxygen atoms in total. The van der Waals surface area contributed by atoms with E-state index in [1.807, 2.05) is 55.5 Å². The van der Waals surface area contributed by atoms with Crippen LogP contribution in [-0.2, 0) is 10.0 Å². The minimum atomic E-state index is -3.63. The van der Waals surface area contributed by atoms with Crippen molar-refractivity contribution in [1.29, 1.82) is 0 Å². The largest absolute Gasteiger partial charge is 0.497 e. The fourth-order valence-electron chi connectivity index (χ4n) is 2.67. The molecule has 0 bridgehead atoms. The Morgan fingerprint density at radius 3 is 1.93 bits per heavy atom. The maximum absolute atomic E-state index is 12.7. The van der Waals surface area contributed by atoms with Gasteiger partial charge >= 0.3 is 0 Å². The molecule has 0 aliphatic carbocycles. The van der Waals surface area contributed by atoms with E-state index in [2.05, 4.69) is 10.0 Å². The Labute approximate surface area is 160 Å². The predicted octanol–water partition coefficient (Wildman–Crippen LogP) is 4.86. The molecule has 27 heavy (non-hydrogen) atoms. The quantitative estimate of drug-likeness (QED) is 0.639. The van der Waals surface area contributed by atoms with Crippen molar-refractivity contribution in [3.8, 4) is 5.75 Å². The second-order valence-corrected chi connectivity index (χ2v) is 7.96. The second-order valence-electron chi connectivity index (χ2n) is 6.31. The zero-order valence-electron chi connectivity index (χ0n) is 15.5. The fourth-order valence-corrected chi connectivity index (χ4v) is 4.06. The van der Waals surface area contributed by atoms with Gasteiger partial charge in [-0.3, -0.25) is 4.72 Å². The van der Waals surface area contributed by atoms with Gasteiger partial charge in [-0.1, -0.05) is 12.1 Å². The van der Waals surface area contributed by atoms with Crippen molar-refractivity contribution in [1.82, 2.24) is 0 Å². The topological polar surface area (TPSA) is 67.4 Å². The molecule has 0 saturated carbocycles. The number of sulfonamides is 1. The lowest BCUT2D eigenvalue weighted by Crippen LogP contribution is -2.14. The van der Waals surface area contributed by atoms with E-state index in [0.29, 0.717) is 16.1 Å². The first kappa shape index (κ1) is 18.8. The van der Waals surface area contributed by atoms with Gasteiger partial charge in [-0.2, -0.15) is 0 Å². The van der Waals surface area contributed by atoms with Crippen LogP contribution >= 0.6 is 0 Å². The van der Waals surface area contributed by atoms with Crippen LogP contribution in [-0.4, -0.2) is 15.5 Å². The molecule has 140 valence electrons. The molecule has 0 amide bonds. The molecule has 0 heterocycles. The Hall–Kier alpha value is -2.99. The van der Waals surface area contributed by atoms with E-state index in [-0.39, 0.29) is 0 Å². The van der Waals surface area contributed by atoms with E-state index in [0.717, 1.165) is 22.7 Å². The number of methoxy groups -OCH3 is 1. The summed E-state index contributed by atoms with van der Waals surface area (Å²) < 4.78 is 33.1. The Balaban J connectivity index is 1.74. The van der Waals surface area contributed by atoms with Gasteiger partial charge < -0.3 is 10.1 Å². The molecule has 0 fully saturated rings. The third-order valence-electron chi connectivity index (χ3n) is 4.15. The summed E-state index contributed by atoms with van der Waals surface area (Å²) in [6.45, 7) is 3.66. The molecule has 0 unspecified atom stereocenters. The third kappa shape index (κ3) is 4.60. The summed E-state index contributed by atoms with van der Waals surface area (Å²) in [5.41, 5.74) is 3.90. The number of anilines is 3. The molecule has 3 rings (SSSR count). The van der Waals surface area contributed by atoms with Crippen LogP contribution in [0.3, 0.4) is 0 Å². The highest BCUT2D eigenvalue weighted by molar-refractivity contribution is 7.92. The molecule has 0 atom stereocenters. The van der Waals surface area contributed by atoms with Crippen molar-refractivity contribution >= 4 is 27.1 Å². The van der Waals surface area contributed by atoms with Crippen LogP contribution in [0.2, 0.25) is 0 Å². The van der Waals surface area contributed by atoms with E-state index >= 15 is 0 Å². The van der Waals surface area contributed by atoms with Crippen molar-refractivity contribution in [3.63, 3.8) is 0 Å². The van der Waals surface area contributed by atoms with Crippen LogP contribution in [0.25, 0.3) is 0 Å². The smallest absolute Gasteiger partial charge is 0.262 e. The van der Waals surface area contributed by atoms with E-state index in [1.54, 1.807) is 32.2 Å². The standard InChI is InChI=1S/C21H22N2O3S/c1-15-4-5-16(2)21(14-15)27(24,25)23-19-8-6-17(7-9-19)22-18-10-12-20(26-3)13-11-18/h4-14,22-23H,1-3H3. The van der Waals surface area contributed by atoms with E-state index in [4.69, 9.17) is 4.74 Å². The molecule has 3 aromatic rings. The third-order valence-corrected chi connectivity index (χ3v) is 5.67. The first-order valence-corrected chi connectivity index (χ1v) is 9.97. The number of benzene rings is 3. The Morgan fingerprint density at radius 1 is 0.778 bits per heavy atom. The Kier molecular flexibility index (Phi) is 5.37. The number of rotatable bonds is 6. The molecule has 0 aliphatic heterocycles. The molecular weight excluding hydrogens is 360 g/mol. The molecule has 2 N–H and O–H groups in total. The summed E-state index contributed by atoms with van der Waals surface area (Å²) in [5.74, 6) is 0.789. The molecule has 0 saturated heterocycles. The lowest BCUT2D eigenvalue weighted by Gasteiger charge is -2.12. The first-order valence-electron chi connectivity index (χ1n) is 8.48. The lowest BCUT2D eigenvalue weighted by atomic mass is 10.2. The SMILES string of the molecule is COc1ccc(Nc2ccc(NS(=O)(=O)c3cc(C)ccc3C)cc2)cc1. The van der Waals surface area contributed by atoms with Gasteiger partial charge in [0, 0.05) is 17.1 Å². The molecule has 0 spiro atoms. The van der Waals surface area contributed by atoms with Crippen LogP contribution in [0, 0.1) is 13.8 Å². The molecule has 0 aliphatic rings. The minimum absolute atomic E-state index is 0.294. The van der Waals surface area contributed by atoms with Crippen molar-refractivity contribution in [2.75, 3.05) is 17.1 Å². The first-order chi connectivity index (χ1) is 12.9. The number of ether oxygens (including phenoxy) is 1. The summed E-state index contributed by atoms with van der Waals surface area (Å²) in [7, 11) is -2.00. The van der Waals surface area contributed by atoms with Gasteiger partial charge in [0.15, 0.2) is 0 Å². The molecule has 0 aromatic heterocycles. The average molecular weight is 382 g/mol. The monoisotopic (exact) mass is 382 g/mol. The number of aryl methyl sites for hydroxylation is 2. The number of nitrogens with one attached hydrogen (secondary N) is 2. The number of hydrogen-bond acceptors (Lipinski definition) is 4. The summed E-state index contributed by atoms with van der Waals surface area (Å²) in [6, 6.07) is 20.1. The summed E-state index contributed by atoms with van der Waals surface area (Å²) in [6.07, 6.45) is 0. The Bertz CT molecular complexity index is 1030. The van der Waals surface area contributed by atoms with Gasteiger partial charge in [-0.25, -0.2) is 8.42 Å². The van der Waals surface area contributed by atoms with E-state index < -0.39 is 10.0 Å². The van der Waals surface area contributed by atoms with Crippen molar-refractivity contribution in [2.45, 2.75) is 18.7 Å². The molecule has 6 heteroatoms. The fraction of sp³-hybridized carbons (Fsp3) is 0.143. The zero-order chi connectivity index (χ0) is 19.4. The highest BCUT2D eigenvalue weighted by Crippen LogP contribution is 2.24. The average Bonchev–Trinajstić information content (AvgIpc) is 2.65. The van der Waals surface area contributed by atoms with Gasteiger partial charge in [0.25, 0.3) is 10.0 Å². The Morgan fingerprint density at radius 2 is 1.33 bits per heavy atom. The van der Waals surface area contributed by atoms with Crippen LogP contribution in [0.1, 0.15) is 11.1 Å². The molecule has 3 aromatic carbocycles. The van der Waals surface area contributed by atoms with Gasteiger partial charge in [-0.15, -0.1) is 0 Å². The highest BCUT2D eigenvalue weighted by atomic mass is 32.2. The van der Waals surface area contributed by atoms with E-state index in [9.17, 15) is 8.42 Å². The summed E-state index contributed by atoms with van der Waals surface area (Å²) in [5, 5.41) is 3.26. The molecular formula is C21H22N2O3S. The van der Waals surface area contributed by atoms with Gasteiger partial charge in [-0.05, 0) is 79.6 Å². The van der Waals surface area contributed by atoms with Crippen LogP contribution in [0.5, 0.6) is 5.75 Å². The van der Waals surface area contributed by atoms with Crippen molar-refractivity contribution in [2.24, 2.45) is 0 Å². The minimum Gasteiger partial charge on any atom is -0.497 e. The normalized spacial score (nSPS) is 11.1. The highest BCUT2D eigenvalue weighted by Gasteiger charge is 2.17.